The van der Waals surface area contributed by atoms with Gasteiger partial charge in [0.25, 0.3) is 11.5 Å². The van der Waals surface area contributed by atoms with Crippen LogP contribution >= 0.6 is 18.3 Å². The maximum absolute atomic E-state index is 15.8. The summed E-state index contributed by atoms with van der Waals surface area (Å²) in [6.07, 6.45) is 0.260. The Kier molecular flexibility index (Phi) is 7.69. The second-order valence-electron chi connectivity index (χ2n) is 10.5. The van der Waals surface area contributed by atoms with E-state index in [2.05, 4.69) is 29.9 Å². The van der Waals surface area contributed by atoms with Crippen molar-refractivity contribution in [1.82, 2.24) is 39.0 Å². The van der Waals surface area contributed by atoms with Crippen LogP contribution in [0.2, 0.25) is 0 Å². The predicted molar refractivity (Wildman–Crippen MR) is 156 cm³/mol. The molecule has 4 aromatic rings. The number of imidazole rings is 2. The Hall–Kier alpha value is -2.88. The van der Waals surface area contributed by atoms with E-state index in [9.17, 15) is 19.9 Å². The number of halogens is 2. The Bertz CT molecular complexity index is 1840. The van der Waals surface area contributed by atoms with Crippen molar-refractivity contribution in [3.8, 4) is 0 Å². The van der Waals surface area contributed by atoms with Gasteiger partial charge in [-0.15, -0.1) is 11.8 Å². The van der Waals surface area contributed by atoms with Crippen LogP contribution in [-0.4, -0.2) is 109 Å². The number of fused-ring (bicyclic) bond motifs is 2. The molecule has 17 nitrogen and oxygen atoms in total. The van der Waals surface area contributed by atoms with Crippen LogP contribution in [0.3, 0.4) is 0 Å². The number of anilines is 2. The maximum atomic E-state index is 15.8. The molecule has 0 spiro atoms. The number of nitrogens with two attached hydrogens (primary N) is 2. The van der Waals surface area contributed by atoms with E-state index in [-0.39, 0.29) is 34.1 Å². The Balaban J connectivity index is 1.32. The van der Waals surface area contributed by atoms with Gasteiger partial charge in [0.05, 0.1) is 31.1 Å². The summed E-state index contributed by atoms with van der Waals surface area (Å²) in [6, 6.07) is 0. The Morgan fingerprint density at radius 3 is 2.61 bits per heavy atom. The number of ether oxygens (including phenoxy) is 2. The number of thioether (sulfide) groups is 1. The minimum Gasteiger partial charge on any atom is -0.395 e. The molecule has 6 rings (SSSR count). The summed E-state index contributed by atoms with van der Waals surface area (Å²) in [4.78, 5) is 46.4. The first kappa shape index (κ1) is 31.1. The van der Waals surface area contributed by atoms with Gasteiger partial charge in [-0.3, -0.25) is 14.3 Å². The third-order valence-electron chi connectivity index (χ3n) is 7.72. The van der Waals surface area contributed by atoms with Crippen molar-refractivity contribution in [3.63, 3.8) is 0 Å². The average molecular weight is 677 g/mol. The van der Waals surface area contributed by atoms with Crippen LogP contribution in [0.4, 0.5) is 20.5 Å². The van der Waals surface area contributed by atoms with Crippen molar-refractivity contribution in [2.45, 2.75) is 53.2 Å². The number of aromatic nitrogens is 8. The zero-order valence-electron chi connectivity index (χ0n) is 22.9. The normalized spacial score (nSPS) is 31.6. The molecule has 0 aliphatic carbocycles. The van der Waals surface area contributed by atoms with E-state index in [1.54, 1.807) is 0 Å². The Labute approximate surface area is 255 Å². The minimum absolute atomic E-state index is 0.118. The van der Waals surface area contributed by atoms with Gasteiger partial charge in [-0.25, -0.2) is 28.7 Å². The molecule has 6 heterocycles. The largest absolute Gasteiger partial charge is 0.395 e. The van der Waals surface area contributed by atoms with E-state index in [0.717, 1.165) is 10.9 Å². The molecule has 0 bridgehead atoms. The minimum atomic E-state index is -4.52. The van der Waals surface area contributed by atoms with Gasteiger partial charge in [-0.1, -0.05) is 0 Å². The zero-order chi connectivity index (χ0) is 31.8. The van der Waals surface area contributed by atoms with Crippen LogP contribution in [0.25, 0.3) is 22.3 Å². The van der Waals surface area contributed by atoms with Crippen LogP contribution in [0, 0.1) is 0 Å². The Morgan fingerprint density at radius 1 is 1.20 bits per heavy atom. The lowest BCUT2D eigenvalue weighted by Crippen LogP contribution is -2.46. The standard InChI is InChI=1S/C22H27F2N10O7PS2/c1-21(12(36)11(39-2)18(41-21)33-6-29-9-14(25)27-5-28-15(9)33)4-40-42(38,43)13-19(44-8(3-35)22(13,23)24)34-7-30-10-16(34)31-20(26)32-17(10)37/h5-8,11-13,18-19,35-36H,3-4H2,1-2H3,(H,38,43)(H2,25,27,28)(H3,26,31,32,37)/t8-,11-,12+,13+,18-,19-,21?,42?/m1/s1. The van der Waals surface area contributed by atoms with Crippen LogP contribution in [-0.2, 0) is 25.8 Å². The highest BCUT2D eigenvalue weighted by Crippen LogP contribution is 2.67. The number of H-pyrrole nitrogens is 1. The number of aliphatic hydroxyl groups is 2. The number of aliphatic hydroxyl groups excluding tert-OH is 2. The molecular formula is C22H27F2N10O7PS2. The van der Waals surface area contributed by atoms with Crippen molar-refractivity contribution in [2.75, 3.05) is 31.8 Å². The smallest absolute Gasteiger partial charge is 0.280 e. The lowest BCUT2D eigenvalue weighted by atomic mass is 9.98. The molecule has 0 radical (unpaired) electrons. The molecule has 8 N–H and O–H groups in total. The molecule has 2 unspecified atom stereocenters. The number of aromatic amines is 1. The lowest BCUT2D eigenvalue weighted by molar-refractivity contribution is -0.112. The number of nitrogens with zero attached hydrogens (tertiary/aromatic N) is 7. The molecule has 2 aliphatic heterocycles. The first-order valence-corrected chi connectivity index (χ1v) is 16.6. The summed E-state index contributed by atoms with van der Waals surface area (Å²) < 4.78 is 51.7. The van der Waals surface area contributed by atoms with Gasteiger partial charge in [0.2, 0.25) is 5.95 Å². The van der Waals surface area contributed by atoms with Gasteiger partial charge >= 0.3 is 0 Å². The molecule has 238 valence electrons. The lowest BCUT2D eigenvalue weighted by Gasteiger charge is -2.35. The van der Waals surface area contributed by atoms with Gasteiger partial charge < -0.3 is 45.1 Å². The summed E-state index contributed by atoms with van der Waals surface area (Å²) >= 11 is 5.97. The van der Waals surface area contributed by atoms with Gasteiger partial charge in [0.1, 0.15) is 40.7 Å². The molecule has 0 saturated carbocycles. The maximum Gasteiger partial charge on any atom is 0.280 e. The number of alkyl halides is 2. The Morgan fingerprint density at radius 2 is 1.91 bits per heavy atom. The number of hydrogen-bond donors (Lipinski definition) is 6. The van der Waals surface area contributed by atoms with E-state index >= 15 is 8.78 Å². The van der Waals surface area contributed by atoms with Crippen LogP contribution in [0.5, 0.6) is 0 Å². The average Bonchev–Trinajstić information content (AvgIpc) is 3.70. The van der Waals surface area contributed by atoms with Crippen LogP contribution in [0.15, 0.2) is 23.8 Å². The fraction of sp³-hybridized carbons (Fsp3) is 0.545. The molecule has 2 aliphatic rings. The summed E-state index contributed by atoms with van der Waals surface area (Å²) in [6.45, 7) is -4.66. The molecule has 22 heteroatoms. The van der Waals surface area contributed by atoms with Crippen molar-refractivity contribution >= 4 is 64.2 Å². The number of methoxy groups -OCH3 is 1. The second-order valence-corrected chi connectivity index (χ2v) is 15.3. The molecule has 2 fully saturated rings. The molecular weight excluding hydrogens is 649 g/mol. The fourth-order valence-electron chi connectivity index (χ4n) is 5.46. The highest BCUT2D eigenvalue weighted by Gasteiger charge is 2.65. The zero-order valence-corrected chi connectivity index (χ0v) is 25.4. The van der Waals surface area contributed by atoms with E-state index in [1.807, 2.05) is 0 Å². The third kappa shape index (κ3) is 4.77. The van der Waals surface area contributed by atoms with Crippen molar-refractivity contribution in [3.05, 3.63) is 29.3 Å². The summed E-state index contributed by atoms with van der Waals surface area (Å²) in [7, 11) is 1.34. The number of nitrogen functional groups attached to an aromatic ring is 2. The molecule has 44 heavy (non-hydrogen) atoms. The monoisotopic (exact) mass is 676 g/mol. The summed E-state index contributed by atoms with van der Waals surface area (Å²) in [5.74, 6) is -3.91. The highest BCUT2D eigenvalue weighted by molar-refractivity contribution is 8.10. The van der Waals surface area contributed by atoms with Gasteiger partial charge in [-0.2, -0.15) is 4.98 Å². The third-order valence-corrected chi connectivity index (χ3v) is 12.3. The fourth-order valence-corrected chi connectivity index (χ4v) is 10.5. The topological polar surface area (TPSA) is 248 Å². The summed E-state index contributed by atoms with van der Waals surface area (Å²) in [5.41, 5.74) is 7.42. The number of nitrogens with one attached hydrogen (secondary N) is 1. The van der Waals surface area contributed by atoms with Gasteiger partial charge in [0, 0.05) is 7.11 Å². The van der Waals surface area contributed by atoms with Crippen molar-refractivity contribution in [2.24, 2.45) is 0 Å². The molecule has 4 aromatic heterocycles. The first-order chi connectivity index (χ1) is 20.7. The first-order valence-electron chi connectivity index (χ1n) is 12.9. The van der Waals surface area contributed by atoms with E-state index in [1.165, 1.54) is 31.3 Å². The molecule has 0 aromatic carbocycles. The molecule has 2 saturated heterocycles. The van der Waals surface area contributed by atoms with Crippen LogP contribution < -0.4 is 17.0 Å². The second kappa shape index (κ2) is 10.9. The van der Waals surface area contributed by atoms with E-state index in [4.69, 9.17) is 37.3 Å². The quantitative estimate of drug-likeness (QED) is 0.131. The molecule has 8 atom stereocenters. The SMILES string of the molecule is CO[C@H]1[C@H](n2cnc3c(N)ncnc32)OC(C)(COP(O)(=S)[C@H]2[C@H](n3cnc4c(=O)[nH]c(N)nc43)S[C@H](CO)C2(F)F)[C@H]1O. The van der Waals surface area contributed by atoms with Crippen molar-refractivity contribution < 1.29 is 37.9 Å². The van der Waals surface area contributed by atoms with E-state index < -0.39 is 71.5 Å². The van der Waals surface area contributed by atoms with E-state index in [0.29, 0.717) is 11.8 Å². The van der Waals surface area contributed by atoms with Gasteiger partial charge in [0.15, 0.2) is 35.3 Å². The van der Waals surface area contributed by atoms with Gasteiger partial charge in [-0.05, 0) is 18.7 Å². The van der Waals surface area contributed by atoms with Crippen LogP contribution in [0.1, 0.15) is 18.5 Å². The highest BCUT2D eigenvalue weighted by atomic mass is 32.5. The number of rotatable bonds is 8. The predicted octanol–water partition coefficient (Wildman–Crippen LogP) is -0.284. The van der Waals surface area contributed by atoms with Crippen molar-refractivity contribution in [1.29, 1.82) is 0 Å². The summed E-state index contributed by atoms with van der Waals surface area (Å²) in [5, 5.41) is 18.0. The molecule has 0 amide bonds. The number of hydrogen-bond acceptors (Lipinski definition) is 15.